The molecule has 10 heteroatoms. The predicted octanol–water partition coefficient (Wildman–Crippen LogP) is 2.80. The van der Waals surface area contributed by atoms with Crippen LogP contribution in [0.2, 0.25) is 5.02 Å². The van der Waals surface area contributed by atoms with E-state index < -0.39 is 27.8 Å². The number of aromatic nitrogens is 2. The molecule has 1 fully saturated rings. The normalized spacial score (nSPS) is 19.5. The third-order valence-corrected chi connectivity index (χ3v) is 7.32. The van der Waals surface area contributed by atoms with E-state index in [4.69, 9.17) is 11.6 Å². The van der Waals surface area contributed by atoms with Gasteiger partial charge < -0.3 is 9.88 Å². The SMILES string of the molecule is Cn1cnc(S(=O)(=O)N2C[C@H](NC(=O)c3ccc(F)cc3Cl)[C@@H](c3ccccc3)C2)c1. The average Bonchev–Trinajstić information content (AvgIpc) is 3.36. The maximum absolute atomic E-state index is 13.3. The van der Waals surface area contributed by atoms with E-state index in [1.165, 1.54) is 22.9 Å². The van der Waals surface area contributed by atoms with Crippen LogP contribution in [-0.2, 0) is 17.1 Å². The lowest BCUT2D eigenvalue weighted by Gasteiger charge is -2.20. The zero-order valence-electron chi connectivity index (χ0n) is 16.6. The van der Waals surface area contributed by atoms with Gasteiger partial charge in [-0.25, -0.2) is 17.8 Å². The number of amides is 1. The van der Waals surface area contributed by atoms with Gasteiger partial charge in [-0.15, -0.1) is 0 Å². The highest BCUT2D eigenvalue weighted by molar-refractivity contribution is 7.89. The Labute approximate surface area is 184 Å². The van der Waals surface area contributed by atoms with Gasteiger partial charge in [-0.2, -0.15) is 4.31 Å². The quantitative estimate of drug-likeness (QED) is 0.632. The first-order chi connectivity index (χ1) is 14.8. The molecule has 2 heterocycles. The van der Waals surface area contributed by atoms with Gasteiger partial charge in [0.2, 0.25) is 0 Å². The summed E-state index contributed by atoms with van der Waals surface area (Å²) in [4.78, 5) is 16.8. The van der Waals surface area contributed by atoms with E-state index in [9.17, 15) is 17.6 Å². The van der Waals surface area contributed by atoms with Gasteiger partial charge in [-0.1, -0.05) is 41.9 Å². The topological polar surface area (TPSA) is 84.3 Å². The summed E-state index contributed by atoms with van der Waals surface area (Å²) in [6.45, 7) is 0.258. The monoisotopic (exact) mass is 462 g/mol. The van der Waals surface area contributed by atoms with Gasteiger partial charge in [-0.05, 0) is 23.8 Å². The average molecular weight is 463 g/mol. The van der Waals surface area contributed by atoms with Crippen molar-refractivity contribution in [2.75, 3.05) is 13.1 Å². The first-order valence-electron chi connectivity index (χ1n) is 9.54. The van der Waals surface area contributed by atoms with Gasteiger partial charge in [-0.3, -0.25) is 4.79 Å². The third kappa shape index (κ3) is 4.34. The van der Waals surface area contributed by atoms with Gasteiger partial charge in [0.05, 0.1) is 23.0 Å². The van der Waals surface area contributed by atoms with Crippen molar-refractivity contribution in [3.63, 3.8) is 0 Å². The molecule has 0 spiro atoms. The molecule has 0 unspecified atom stereocenters. The minimum Gasteiger partial charge on any atom is -0.347 e. The van der Waals surface area contributed by atoms with Crippen LogP contribution in [0.5, 0.6) is 0 Å². The maximum atomic E-state index is 13.3. The van der Waals surface area contributed by atoms with Gasteiger partial charge in [0.15, 0.2) is 5.03 Å². The molecule has 31 heavy (non-hydrogen) atoms. The molecule has 1 amide bonds. The van der Waals surface area contributed by atoms with Crippen LogP contribution in [-0.4, -0.2) is 47.3 Å². The molecule has 0 saturated carbocycles. The Hall–Kier alpha value is -2.75. The van der Waals surface area contributed by atoms with Crippen molar-refractivity contribution in [2.45, 2.75) is 17.0 Å². The highest BCUT2D eigenvalue weighted by Gasteiger charge is 2.41. The van der Waals surface area contributed by atoms with E-state index in [1.54, 1.807) is 11.6 Å². The highest BCUT2D eigenvalue weighted by atomic mass is 35.5. The van der Waals surface area contributed by atoms with Crippen molar-refractivity contribution in [3.8, 4) is 0 Å². The molecule has 1 aliphatic rings. The van der Waals surface area contributed by atoms with E-state index in [0.29, 0.717) is 0 Å². The molecule has 0 radical (unpaired) electrons. The molecule has 1 aliphatic heterocycles. The molecule has 3 aromatic rings. The van der Waals surface area contributed by atoms with Crippen molar-refractivity contribution in [3.05, 3.63) is 83.0 Å². The van der Waals surface area contributed by atoms with Crippen molar-refractivity contribution in [2.24, 2.45) is 7.05 Å². The molecule has 162 valence electrons. The fourth-order valence-corrected chi connectivity index (χ4v) is 5.43. The second kappa shape index (κ2) is 8.41. The van der Waals surface area contributed by atoms with E-state index in [0.717, 1.165) is 17.7 Å². The number of aryl methyl sites for hydroxylation is 1. The zero-order chi connectivity index (χ0) is 22.2. The lowest BCUT2D eigenvalue weighted by molar-refractivity contribution is 0.0936. The summed E-state index contributed by atoms with van der Waals surface area (Å²) in [6.07, 6.45) is 2.87. The van der Waals surface area contributed by atoms with Crippen molar-refractivity contribution < 1.29 is 17.6 Å². The molecular weight excluding hydrogens is 443 g/mol. The van der Waals surface area contributed by atoms with Crippen LogP contribution in [0, 0.1) is 5.82 Å². The summed E-state index contributed by atoms with van der Waals surface area (Å²) in [6, 6.07) is 12.4. The number of carbonyl (C=O) groups excluding carboxylic acids is 1. The number of nitrogens with zero attached hydrogens (tertiary/aromatic N) is 3. The fraction of sp³-hybridized carbons (Fsp3) is 0.238. The Morgan fingerprint density at radius 3 is 2.58 bits per heavy atom. The number of hydrogen-bond donors (Lipinski definition) is 1. The standard InChI is InChI=1S/C21H20ClFN4O3S/c1-26-12-20(24-13-26)31(29,30)27-10-17(14-5-3-2-4-6-14)19(11-27)25-21(28)16-8-7-15(23)9-18(16)22/h2-9,12-13,17,19H,10-11H2,1H3,(H,25,28)/t17-,19+/m1/s1. The van der Waals surface area contributed by atoms with Gasteiger partial charge in [0, 0.05) is 32.3 Å². The fourth-order valence-electron chi connectivity index (χ4n) is 3.72. The number of benzene rings is 2. The van der Waals surface area contributed by atoms with Gasteiger partial charge in [0.1, 0.15) is 5.82 Å². The summed E-state index contributed by atoms with van der Waals surface area (Å²) in [5, 5.41) is 2.83. The van der Waals surface area contributed by atoms with E-state index >= 15 is 0 Å². The number of rotatable bonds is 5. The smallest absolute Gasteiger partial charge is 0.262 e. The largest absolute Gasteiger partial charge is 0.347 e. The second-order valence-electron chi connectivity index (χ2n) is 7.42. The number of carbonyl (C=O) groups is 1. The molecule has 0 bridgehead atoms. The van der Waals surface area contributed by atoms with Crippen LogP contribution in [0.4, 0.5) is 4.39 Å². The molecule has 2 aromatic carbocycles. The maximum Gasteiger partial charge on any atom is 0.262 e. The number of nitrogens with one attached hydrogen (secondary N) is 1. The van der Waals surface area contributed by atoms with Crippen LogP contribution in [0.3, 0.4) is 0 Å². The summed E-state index contributed by atoms with van der Waals surface area (Å²) in [5.41, 5.74) is 1.03. The predicted molar refractivity (Wildman–Crippen MR) is 114 cm³/mol. The van der Waals surface area contributed by atoms with Crippen molar-refractivity contribution in [1.82, 2.24) is 19.2 Å². The van der Waals surface area contributed by atoms with E-state index in [2.05, 4.69) is 10.3 Å². The molecule has 1 N–H and O–H groups in total. The Balaban J connectivity index is 1.63. The van der Waals surface area contributed by atoms with E-state index in [1.807, 2.05) is 30.3 Å². The van der Waals surface area contributed by atoms with Gasteiger partial charge >= 0.3 is 0 Å². The molecule has 1 aromatic heterocycles. The van der Waals surface area contributed by atoms with Crippen molar-refractivity contribution in [1.29, 1.82) is 0 Å². The summed E-state index contributed by atoms with van der Waals surface area (Å²) < 4.78 is 42.4. The lowest BCUT2D eigenvalue weighted by Crippen LogP contribution is -2.40. The van der Waals surface area contributed by atoms with Crippen LogP contribution >= 0.6 is 11.6 Å². The first kappa shape index (κ1) is 21.5. The van der Waals surface area contributed by atoms with Gasteiger partial charge in [0.25, 0.3) is 15.9 Å². The Bertz CT molecular complexity index is 1220. The Kier molecular flexibility index (Phi) is 5.83. The molecule has 7 nitrogen and oxygen atoms in total. The molecule has 4 rings (SSSR count). The lowest BCUT2D eigenvalue weighted by atomic mass is 9.94. The third-order valence-electron chi connectivity index (χ3n) is 5.29. The second-order valence-corrected chi connectivity index (χ2v) is 9.71. The summed E-state index contributed by atoms with van der Waals surface area (Å²) in [7, 11) is -2.14. The first-order valence-corrected chi connectivity index (χ1v) is 11.4. The van der Waals surface area contributed by atoms with E-state index in [-0.39, 0.29) is 34.6 Å². The molecule has 0 aliphatic carbocycles. The Morgan fingerprint density at radius 2 is 1.94 bits per heavy atom. The Morgan fingerprint density at radius 1 is 1.19 bits per heavy atom. The zero-order valence-corrected chi connectivity index (χ0v) is 18.1. The van der Waals surface area contributed by atoms with Crippen molar-refractivity contribution >= 4 is 27.5 Å². The highest BCUT2D eigenvalue weighted by Crippen LogP contribution is 2.31. The molecule has 1 saturated heterocycles. The molecule has 2 atom stereocenters. The minimum atomic E-state index is -3.83. The summed E-state index contributed by atoms with van der Waals surface area (Å²) >= 11 is 6.03. The molecular formula is C21H20ClFN4O3S. The van der Waals surface area contributed by atoms with Crippen LogP contribution in [0.1, 0.15) is 21.8 Å². The number of imidazole rings is 1. The number of sulfonamides is 1. The summed E-state index contributed by atoms with van der Waals surface area (Å²) in [5.74, 6) is -1.31. The van der Waals surface area contributed by atoms with Crippen LogP contribution < -0.4 is 5.32 Å². The van der Waals surface area contributed by atoms with Crippen LogP contribution in [0.15, 0.2) is 66.1 Å². The minimum absolute atomic E-state index is 0.00952. The number of halogens is 2. The number of hydrogen-bond acceptors (Lipinski definition) is 4. The van der Waals surface area contributed by atoms with Crippen LogP contribution in [0.25, 0.3) is 0 Å².